The number of anilines is 2. The SMILES string of the molecule is Cc1ccc(C(=O)O)cc1NC1CC(=O)N(c2ccccc2Cl)C1=O. The maximum Gasteiger partial charge on any atom is 0.335 e. The van der Waals surface area contributed by atoms with Crippen LogP contribution in [0.15, 0.2) is 42.5 Å². The Balaban J connectivity index is 1.87. The standard InChI is InChI=1S/C18H15ClN2O4/c1-10-6-7-11(18(24)25)8-13(10)20-14-9-16(22)21(17(14)23)15-5-3-2-4-12(15)19/h2-8,14,20H,9H2,1H3,(H,24,25). The smallest absolute Gasteiger partial charge is 0.335 e. The second-order valence-electron chi connectivity index (χ2n) is 5.75. The molecule has 25 heavy (non-hydrogen) atoms. The van der Waals surface area contributed by atoms with Crippen molar-refractivity contribution in [1.29, 1.82) is 0 Å². The molecule has 0 saturated carbocycles. The lowest BCUT2D eigenvalue weighted by Gasteiger charge is -2.18. The van der Waals surface area contributed by atoms with Crippen molar-refractivity contribution in [2.45, 2.75) is 19.4 Å². The van der Waals surface area contributed by atoms with Crippen LogP contribution in [0.3, 0.4) is 0 Å². The molecule has 1 aliphatic heterocycles. The van der Waals surface area contributed by atoms with Gasteiger partial charge in [0, 0.05) is 5.69 Å². The minimum absolute atomic E-state index is 0.0270. The van der Waals surface area contributed by atoms with Crippen molar-refractivity contribution >= 4 is 40.8 Å². The van der Waals surface area contributed by atoms with E-state index in [9.17, 15) is 14.4 Å². The number of carboxylic acids is 1. The molecule has 1 heterocycles. The Morgan fingerprint density at radius 2 is 1.96 bits per heavy atom. The summed E-state index contributed by atoms with van der Waals surface area (Å²) >= 11 is 6.09. The number of carboxylic acid groups (broad SMARTS) is 1. The molecule has 1 fully saturated rings. The molecule has 0 aromatic heterocycles. The molecule has 7 heteroatoms. The third kappa shape index (κ3) is 3.21. The van der Waals surface area contributed by atoms with Gasteiger partial charge in [-0.05, 0) is 36.8 Å². The monoisotopic (exact) mass is 358 g/mol. The Kier molecular flexibility index (Phi) is 4.46. The van der Waals surface area contributed by atoms with Gasteiger partial charge in [0.2, 0.25) is 5.91 Å². The van der Waals surface area contributed by atoms with Crippen molar-refractivity contribution in [3.8, 4) is 0 Å². The maximum atomic E-state index is 12.7. The van der Waals surface area contributed by atoms with Gasteiger partial charge in [0.25, 0.3) is 5.91 Å². The predicted octanol–water partition coefficient (Wildman–Crippen LogP) is 3.09. The molecule has 3 rings (SSSR count). The average molecular weight is 359 g/mol. The van der Waals surface area contributed by atoms with Crippen LogP contribution in [0.25, 0.3) is 0 Å². The number of imide groups is 1. The minimum atomic E-state index is -1.06. The normalized spacial score (nSPS) is 17.0. The number of aromatic carboxylic acids is 1. The number of hydrogen-bond donors (Lipinski definition) is 2. The summed E-state index contributed by atoms with van der Waals surface area (Å²) in [5.74, 6) is -1.84. The number of benzene rings is 2. The molecular formula is C18H15ClN2O4. The highest BCUT2D eigenvalue weighted by atomic mass is 35.5. The average Bonchev–Trinajstić information content (AvgIpc) is 2.84. The van der Waals surface area contributed by atoms with Gasteiger partial charge >= 0.3 is 5.97 Å². The maximum absolute atomic E-state index is 12.7. The van der Waals surface area contributed by atoms with Crippen LogP contribution in [0.2, 0.25) is 5.02 Å². The number of aryl methyl sites for hydroxylation is 1. The zero-order valence-corrected chi connectivity index (χ0v) is 14.1. The molecule has 2 N–H and O–H groups in total. The molecule has 2 aromatic carbocycles. The molecule has 1 aliphatic rings. The van der Waals surface area contributed by atoms with Crippen LogP contribution in [0, 0.1) is 6.92 Å². The van der Waals surface area contributed by atoms with Gasteiger partial charge in [-0.3, -0.25) is 9.59 Å². The number of para-hydroxylation sites is 1. The van der Waals surface area contributed by atoms with Crippen molar-refractivity contribution in [1.82, 2.24) is 0 Å². The van der Waals surface area contributed by atoms with Gasteiger partial charge in [-0.2, -0.15) is 0 Å². The third-order valence-electron chi connectivity index (χ3n) is 4.05. The summed E-state index contributed by atoms with van der Waals surface area (Å²) in [5, 5.41) is 12.4. The van der Waals surface area contributed by atoms with E-state index >= 15 is 0 Å². The first-order valence-electron chi connectivity index (χ1n) is 7.60. The summed E-state index contributed by atoms with van der Waals surface area (Å²) in [5.41, 5.74) is 1.74. The molecule has 0 bridgehead atoms. The Labute approximate surface area is 149 Å². The summed E-state index contributed by atoms with van der Waals surface area (Å²) in [6.07, 6.45) is -0.0270. The first kappa shape index (κ1) is 17.0. The van der Waals surface area contributed by atoms with Crippen LogP contribution in [0.1, 0.15) is 22.3 Å². The zero-order chi connectivity index (χ0) is 18.1. The first-order valence-corrected chi connectivity index (χ1v) is 7.98. The summed E-state index contributed by atoms with van der Waals surface area (Å²) < 4.78 is 0. The van der Waals surface area contributed by atoms with Crippen LogP contribution in [0.5, 0.6) is 0 Å². The molecule has 128 valence electrons. The highest BCUT2D eigenvalue weighted by molar-refractivity contribution is 6.36. The Morgan fingerprint density at radius 1 is 1.24 bits per heavy atom. The second-order valence-corrected chi connectivity index (χ2v) is 6.16. The van der Waals surface area contributed by atoms with Crippen molar-refractivity contribution < 1.29 is 19.5 Å². The van der Waals surface area contributed by atoms with E-state index in [0.717, 1.165) is 10.5 Å². The zero-order valence-electron chi connectivity index (χ0n) is 13.3. The van der Waals surface area contributed by atoms with Crippen molar-refractivity contribution in [2.24, 2.45) is 0 Å². The Bertz CT molecular complexity index is 881. The molecule has 1 unspecified atom stereocenters. The van der Waals surface area contributed by atoms with E-state index in [1.165, 1.54) is 12.1 Å². The molecule has 0 radical (unpaired) electrons. The Morgan fingerprint density at radius 3 is 2.64 bits per heavy atom. The topological polar surface area (TPSA) is 86.7 Å². The number of hydrogen-bond acceptors (Lipinski definition) is 4. The Hall–Kier alpha value is -2.86. The second kappa shape index (κ2) is 6.57. The molecule has 2 aromatic rings. The summed E-state index contributed by atoms with van der Waals surface area (Å²) in [7, 11) is 0. The van der Waals surface area contributed by atoms with Crippen LogP contribution < -0.4 is 10.2 Å². The fourth-order valence-corrected chi connectivity index (χ4v) is 2.95. The third-order valence-corrected chi connectivity index (χ3v) is 4.37. The fraction of sp³-hybridized carbons (Fsp3) is 0.167. The molecule has 1 atom stereocenters. The molecule has 0 aliphatic carbocycles. The van der Waals surface area contributed by atoms with Gasteiger partial charge in [-0.15, -0.1) is 0 Å². The van der Waals surface area contributed by atoms with E-state index in [0.29, 0.717) is 16.4 Å². The van der Waals surface area contributed by atoms with Gasteiger partial charge in [-0.1, -0.05) is 29.8 Å². The van der Waals surface area contributed by atoms with Gasteiger partial charge in [-0.25, -0.2) is 9.69 Å². The number of halogens is 1. The predicted molar refractivity (Wildman–Crippen MR) is 94.1 cm³/mol. The number of amides is 2. The van der Waals surface area contributed by atoms with E-state index < -0.39 is 17.9 Å². The molecule has 1 saturated heterocycles. The number of carbonyl (C=O) groups excluding carboxylic acids is 2. The van der Waals surface area contributed by atoms with Crippen LogP contribution >= 0.6 is 11.6 Å². The van der Waals surface area contributed by atoms with Crippen LogP contribution in [0.4, 0.5) is 11.4 Å². The number of carbonyl (C=O) groups is 3. The molecule has 6 nitrogen and oxygen atoms in total. The number of nitrogens with zero attached hydrogens (tertiary/aromatic N) is 1. The summed E-state index contributed by atoms with van der Waals surface area (Å²) in [4.78, 5) is 37.2. The highest BCUT2D eigenvalue weighted by Crippen LogP contribution is 2.31. The van der Waals surface area contributed by atoms with Crippen LogP contribution in [-0.4, -0.2) is 28.9 Å². The van der Waals surface area contributed by atoms with Crippen molar-refractivity contribution in [3.05, 3.63) is 58.6 Å². The van der Waals surface area contributed by atoms with Crippen molar-refractivity contribution in [2.75, 3.05) is 10.2 Å². The van der Waals surface area contributed by atoms with E-state index in [1.54, 1.807) is 37.3 Å². The minimum Gasteiger partial charge on any atom is -0.478 e. The van der Waals surface area contributed by atoms with Gasteiger partial charge in [0.15, 0.2) is 0 Å². The summed E-state index contributed by atoms with van der Waals surface area (Å²) in [6.45, 7) is 1.79. The molecular weight excluding hydrogens is 344 g/mol. The van der Waals surface area contributed by atoms with Crippen LogP contribution in [-0.2, 0) is 9.59 Å². The van der Waals surface area contributed by atoms with E-state index in [4.69, 9.17) is 16.7 Å². The lowest BCUT2D eigenvalue weighted by atomic mass is 10.1. The number of nitrogens with one attached hydrogen (secondary N) is 1. The van der Waals surface area contributed by atoms with Gasteiger partial charge in [0.1, 0.15) is 6.04 Å². The fourth-order valence-electron chi connectivity index (χ4n) is 2.73. The first-order chi connectivity index (χ1) is 11.9. The number of rotatable bonds is 4. The largest absolute Gasteiger partial charge is 0.478 e. The summed E-state index contributed by atoms with van der Waals surface area (Å²) in [6, 6.07) is 10.4. The van der Waals surface area contributed by atoms with Gasteiger partial charge < -0.3 is 10.4 Å². The van der Waals surface area contributed by atoms with Crippen molar-refractivity contribution in [3.63, 3.8) is 0 Å². The van der Waals surface area contributed by atoms with E-state index in [2.05, 4.69) is 5.32 Å². The van der Waals surface area contributed by atoms with E-state index in [1.807, 2.05) is 0 Å². The quantitative estimate of drug-likeness (QED) is 0.820. The highest BCUT2D eigenvalue weighted by Gasteiger charge is 2.40. The van der Waals surface area contributed by atoms with Gasteiger partial charge in [0.05, 0.1) is 22.7 Å². The van der Waals surface area contributed by atoms with E-state index in [-0.39, 0.29) is 17.9 Å². The molecule has 0 spiro atoms. The lowest BCUT2D eigenvalue weighted by Crippen LogP contribution is -2.35. The lowest BCUT2D eigenvalue weighted by molar-refractivity contribution is -0.121. The molecule has 2 amide bonds.